The molecule has 0 unspecified atom stereocenters. The Bertz CT molecular complexity index is 600. The summed E-state index contributed by atoms with van der Waals surface area (Å²) in [7, 11) is 0. The molecule has 2 aromatic rings. The zero-order valence-electron chi connectivity index (χ0n) is 13.7. The van der Waals surface area contributed by atoms with Crippen LogP contribution in [0.3, 0.4) is 0 Å². The van der Waals surface area contributed by atoms with Gasteiger partial charge in [-0.05, 0) is 32.0 Å². The highest BCUT2D eigenvalue weighted by Gasteiger charge is 2.21. The van der Waals surface area contributed by atoms with E-state index in [-0.39, 0.29) is 6.10 Å². The Morgan fingerprint density at radius 3 is 3.04 bits per heavy atom. The van der Waals surface area contributed by atoms with E-state index in [1.165, 1.54) is 0 Å². The van der Waals surface area contributed by atoms with E-state index >= 15 is 0 Å². The maximum atomic E-state index is 5.83. The minimum Gasteiger partial charge on any atom is -0.374 e. The van der Waals surface area contributed by atoms with Crippen LogP contribution in [-0.4, -0.2) is 57.2 Å². The first kappa shape index (κ1) is 15.9. The van der Waals surface area contributed by atoms with Crippen LogP contribution >= 0.6 is 0 Å². The molecule has 0 spiro atoms. The first-order valence-corrected chi connectivity index (χ1v) is 8.10. The van der Waals surface area contributed by atoms with E-state index in [2.05, 4.69) is 45.4 Å². The first-order valence-electron chi connectivity index (χ1n) is 8.10. The molecule has 7 nitrogen and oxygen atoms in total. The van der Waals surface area contributed by atoms with Crippen LogP contribution in [0.4, 0.5) is 5.82 Å². The van der Waals surface area contributed by atoms with Crippen molar-refractivity contribution in [1.29, 1.82) is 0 Å². The van der Waals surface area contributed by atoms with Crippen LogP contribution in [0.1, 0.15) is 25.6 Å². The fourth-order valence-electron chi connectivity index (χ4n) is 2.64. The van der Waals surface area contributed by atoms with E-state index in [1.807, 2.05) is 23.0 Å². The lowest BCUT2D eigenvalue weighted by Crippen LogP contribution is -2.44. The van der Waals surface area contributed by atoms with Gasteiger partial charge in [0.15, 0.2) is 0 Å². The van der Waals surface area contributed by atoms with Crippen molar-refractivity contribution in [3.8, 4) is 0 Å². The zero-order valence-corrected chi connectivity index (χ0v) is 13.7. The number of morpholine rings is 1. The number of rotatable bonds is 6. The second kappa shape index (κ2) is 7.52. The molecule has 7 heteroatoms. The number of ether oxygens (including phenoxy) is 1. The number of hydrogen-bond acceptors (Lipinski definition) is 6. The summed E-state index contributed by atoms with van der Waals surface area (Å²) in [5, 5.41) is 15.8. The molecule has 0 aromatic carbocycles. The molecule has 3 heterocycles. The average molecular weight is 316 g/mol. The molecule has 3 rings (SSSR count). The largest absolute Gasteiger partial charge is 0.374 e. The van der Waals surface area contributed by atoms with E-state index < -0.39 is 0 Å². The lowest BCUT2D eigenvalue weighted by molar-refractivity contribution is -0.0245. The Balaban J connectivity index is 1.49. The van der Waals surface area contributed by atoms with Crippen LogP contribution in [-0.2, 0) is 11.3 Å². The molecular formula is C16H24N6O. The predicted molar refractivity (Wildman–Crippen MR) is 88.2 cm³/mol. The van der Waals surface area contributed by atoms with Gasteiger partial charge in [0, 0.05) is 44.6 Å². The molecule has 23 heavy (non-hydrogen) atoms. The summed E-state index contributed by atoms with van der Waals surface area (Å²) < 4.78 is 7.84. The van der Waals surface area contributed by atoms with E-state index in [0.717, 1.165) is 44.3 Å². The Morgan fingerprint density at radius 1 is 1.39 bits per heavy atom. The van der Waals surface area contributed by atoms with Crippen molar-refractivity contribution < 1.29 is 4.74 Å². The smallest absolute Gasteiger partial charge is 0.148 e. The minimum absolute atomic E-state index is 0.151. The van der Waals surface area contributed by atoms with Crippen molar-refractivity contribution in [2.75, 3.05) is 31.6 Å². The Labute approximate surface area is 136 Å². The topological polar surface area (TPSA) is 68.1 Å². The molecule has 1 atom stereocenters. The molecule has 0 bridgehead atoms. The predicted octanol–water partition coefficient (Wildman–Crippen LogP) is 1.57. The summed E-state index contributed by atoms with van der Waals surface area (Å²) in [6.07, 6.45) is 3.87. The number of nitrogens with zero attached hydrogens (tertiary/aromatic N) is 5. The zero-order chi connectivity index (χ0) is 16.1. The van der Waals surface area contributed by atoms with Crippen molar-refractivity contribution in [3.05, 3.63) is 36.3 Å². The second-order valence-corrected chi connectivity index (χ2v) is 6.10. The molecule has 2 aromatic heterocycles. The fraction of sp³-hybridized carbons (Fsp3) is 0.562. The Morgan fingerprint density at radius 2 is 2.30 bits per heavy atom. The van der Waals surface area contributed by atoms with Crippen LogP contribution in [0, 0.1) is 0 Å². The summed E-state index contributed by atoms with van der Waals surface area (Å²) in [6, 6.07) is 6.28. The van der Waals surface area contributed by atoms with Gasteiger partial charge in [0.2, 0.25) is 0 Å². The number of anilines is 1. The van der Waals surface area contributed by atoms with Crippen LogP contribution in [0.15, 0.2) is 30.6 Å². The van der Waals surface area contributed by atoms with E-state index in [0.29, 0.717) is 6.04 Å². The highest BCUT2D eigenvalue weighted by molar-refractivity contribution is 5.31. The molecule has 0 saturated carbocycles. The van der Waals surface area contributed by atoms with Crippen molar-refractivity contribution in [2.45, 2.75) is 32.5 Å². The Hall–Kier alpha value is -1.99. The van der Waals surface area contributed by atoms with Gasteiger partial charge in [0.05, 0.1) is 18.4 Å². The fourth-order valence-corrected chi connectivity index (χ4v) is 2.64. The normalized spacial score (nSPS) is 19.2. The van der Waals surface area contributed by atoms with E-state index in [4.69, 9.17) is 4.74 Å². The van der Waals surface area contributed by atoms with Crippen LogP contribution < -0.4 is 5.32 Å². The van der Waals surface area contributed by atoms with Gasteiger partial charge < -0.3 is 10.1 Å². The van der Waals surface area contributed by atoms with Crippen molar-refractivity contribution >= 4 is 5.82 Å². The van der Waals surface area contributed by atoms with E-state index in [9.17, 15) is 0 Å². The maximum absolute atomic E-state index is 5.83. The van der Waals surface area contributed by atoms with Crippen LogP contribution in [0.5, 0.6) is 0 Å². The minimum atomic E-state index is 0.151. The molecule has 124 valence electrons. The summed E-state index contributed by atoms with van der Waals surface area (Å²) in [5.41, 5.74) is 1.11. The van der Waals surface area contributed by atoms with Crippen LogP contribution in [0.2, 0.25) is 0 Å². The molecule has 0 aliphatic carbocycles. The maximum Gasteiger partial charge on any atom is 0.148 e. The van der Waals surface area contributed by atoms with Gasteiger partial charge in [0.1, 0.15) is 5.82 Å². The van der Waals surface area contributed by atoms with Gasteiger partial charge in [0.25, 0.3) is 0 Å². The molecule has 0 amide bonds. The van der Waals surface area contributed by atoms with Crippen molar-refractivity contribution in [1.82, 2.24) is 24.9 Å². The number of nitrogens with one attached hydrogen (secondary N) is 1. The third-order valence-electron chi connectivity index (χ3n) is 3.88. The molecule has 1 N–H and O–H groups in total. The van der Waals surface area contributed by atoms with Gasteiger partial charge in [-0.1, -0.05) is 0 Å². The molecule has 0 radical (unpaired) electrons. The molecule has 1 aliphatic rings. The Kier molecular flexibility index (Phi) is 5.19. The standard InChI is InChI=1S/C16H24N6O/c1-13(2)22-7-5-14(20-22)11-21-8-9-23-15(12-21)10-17-16-4-3-6-18-19-16/h3-7,13,15H,8-12H2,1-2H3,(H,17,19)/t15-/m1/s1. The summed E-state index contributed by atoms with van der Waals surface area (Å²) in [5.74, 6) is 0.781. The summed E-state index contributed by atoms with van der Waals surface area (Å²) in [4.78, 5) is 2.39. The van der Waals surface area contributed by atoms with Gasteiger partial charge in [-0.2, -0.15) is 10.2 Å². The highest BCUT2D eigenvalue weighted by atomic mass is 16.5. The summed E-state index contributed by atoms with van der Waals surface area (Å²) in [6.45, 7) is 8.45. The monoisotopic (exact) mass is 316 g/mol. The third-order valence-corrected chi connectivity index (χ3v) is 3.88. The van der Waals surface area contributed by atoms with Gasteiger partial charge in [-0.3, -0.25) is 9.58 Å². The lowest BCUT2D eigenvalue weighted by Gasteiger charge is -2.32. The van der Waals surface area contributed by atoms with Crippen molar-refractivity contribution in [3.63, 3.8) is 0 Å². The van der Waals surface area contributed by atoms with Gasteiger partial charge in [-0.25, -0.2) is 0 Å². The van der Waals surface area contributed by atoms with Crippen molar-refractivity contribution in [2.24, 2.45) is 0 Å². The van der Waals surface area contributed by atoms with Crippen LogP contribution in [0.25, 0.3) is 0 Å². The summed E-state index contributed by atoms with van der Waals surface area (Å²) >= 11 is 0. The third kappa shape index (κ3) is 4.49. The quantitative estimate of drug-likeness (QED) is 0.872. The second-order valence-electron chi connectivity index (χ2n) is 6.10. The lowest BCUT2D eigenvalue weighted by atomic mass is 10.2. The number of aromatic nitrogens is 4. The van der Waals surface area contributed by atoms with E-state index in [1.54, 1.807) is 6.20 Å². The molecule has 1 fully saturated rings. The molecular weight excluding hydrogens is 292 g/mol. The molecule has 1 aliphatic heterocycles. The molecule has 1 saturated heterocycles. The average Bonchev–Trinajstić information content (AvgIpc) is 3.03. The first-order chi connectivity index (χ1) is 11.2. The SMILES string of the molecule is CC(C)n1ccc(CN2CCO[C@H](CNc3cccnn3)C2)n1. The highest BCUT2D eigenvalue weighted by Crippen LogP contribution is 2.11. The van der Waals surface area contributed by atoms with Gasteiger partial charge in [-0.15, -0.1) is 5.10 Å². The number of hydrogen-bond donors (Lipinski definition) is 1. The van der Waals surface area contributed by atoms with Gasteiger partial charge >= 0.3 is 0 Å².